The molecule has 0 aliphatic heterocycles. The summed E-state index contributed by atoms with van der Waals surface area (Å²) >= 11 is 5.67. The van der Waals surface area contributed by atoms with Crippen molar-refractivity contribution in [2.24, 2.45) is 0 Å². The second-order valence-corrected chi connectivity index (χ2v) is 4.35. The van der Waals surface area contributed by atoms with Crippen molar-refractivity contribution in [3.63, 3.8) is 0 Å². The van der Waals surface area contributed by atoms with E-state index >= 15 is 0 Å². The molecule has 15 heavy (non-hydrogen) atoms. The monoisotopic (exact) mass is 221 g/mol. The summed E-state index contributed by atoms with van der Waals surface area (Å²) in [6.45, 7) is 3.20. The quantitative estimate of drug-likeness (QED) is 0.544. The van der Waals surface area contributed by atoms with E-state index in [0.717, 1.165) is 25.3 Å². The fraction of sp³-hybridized carbons (Fsp3) is 0.385. The molecule has 0 bridgehead atoms. The SMILES string of the molecule is Cc1ccc2c(ccn2CCCCCl)c1. The number of nitrogens with zero attached hydrogens (tertiary/aromatic N) is 1. The summed E-state index contributed by atoms with van der Waals surface area (Å²) < 4.78 is 2.31. The fourth-order valence-corrected chi connectivity index (χ4v) is 2.08. The number of aromatic nitrogens is 1. The van der Waals surface area contributed by atoms with E-state index in [1.54, 1.807) is 0 Å². The van der Waals surface area contributed by atoms with Gasteiger partial charge in [0.05, 0.1) is 0 Å². The molecule has 0 fully saturated rings. The van der Waals surface area contributed by atoms with Crippen LogP contribution in [0.25, 0.3) is 10.9 Å². The van der Waals surface area contributed by atoms with Crippen LogP contribution in [0.15, 0.2) is 30.5 Å². The average molecular weight is 222 g/mol. The highest BCUT2D eigenvalue weighted by atomic mass is 35.5. The topological polar surface area (TPSA) is 4.93 Å². The molecular formula is C13H16ClN. The molecule has 2 heteroatoms. The summed E-state index contributed by atoms with van der Waals surface area (Å²) in [6.07, 6.45) is 4.41. The van der Waals surface area contributed by atoms with E-state index < -0.39 is 0 Å². The molecule has 0 atom stereocenters. The summed E-state index contributed by atoms with van der Waals surface area (Å²) in [5, 5.41) is 1.33. The zero-order chi connectivity index (χ0) is 10.7. The summed E-state index contributed by atoms with van der Waals surface area (Å²) in [5.41, 5.74) is 2.65. The van der Waals surface area contributed by atoms with Crippen molar-refractivity contribution in [2.45, 2.75) is 26.3 Å². The fourth-order valence-electron chi connectivity index (χ4n) is 1.89. The van der Waals surface area contributed by atoms with Crippen molar-refractivity contribution in [2.75, 3.05) is 5.88 Å². The molecule has 1 aromatic carbocycles. The lowest BCUT2D eigenvalue weighted by molar-refractivity contribution is 0.652. The van der Waals surface area contributed by atoms with Crippen LogP contribution in [0.1, 0.15) is 18.4 Å². The minimum atomic E-state index is 0.762. The van der Waals surface area contributed by atoms with Crippen LogP contribution in [0.5, 0.6) is 0 Å². The maximum atomic E-state index is 5.67. The first-order chi connectivity index (χ1) is 7.31. The highest BCUT2D eigenvalue weighted by Crippen LogP contribution is 2.17. The van der Waals surface area contributed by atoms with Gasteiger partial charge in [0.1, 0.15) is 0 Å². The van der Waals surface area contributed by atoms with Crippen molar-refractivity contribution in [3.8, 4) is 0 Å². The van der Waals surface area contributed by atoms with Crippen LogP contribution in [0.4, 0.5) is 0 Å². The van der Waals surface area contributed by atoms with Gasteiger partial charge in [0.2, 0.25) is 0 Å². The van der Waals surface area contributed by atoms with Crippen molar-refractivity contribution < 1.29 is 0 Å². The van der Waals surface area contributed by atoms with Gasteiger partial charge in [0, 0.05) is 24.1 Å². The van der Waals surface area contributed by atoms with E-state index in [4.69, 9.17) is 11.6 Å². The van der Waals surface area contributed by atoms with E-state index in [2.05, 4.69) is 42.0 Å². The van der Waals surface area contributed by atoms with Crippen molar-refractivity contribution in [1.82, 2.24) is 4.57 Å². The van der Waals surface area contributed by atoms with E-state index in [9.17, 15) is 0 Å². The van der Waals surface area contributed by atoms with Gasteiger partial charge >= 0.3 is 0 Å². The Kier molecular flexibility index (Phi) is 3.32. The zero-order valence-electron chi connectivity index (χ0n) is 9.04. The van der Waals surface area contributed by atoms with Gasteiger partial charge in [-0.2, -0.15) is 0 Å². The molecule has 0 saturated heterocycles. The average Bonchev–Trinajstić information content (AvgIpc) is 2.61. The third kappa shape index (κ3) is 2.35. The summed E-state index contributed by atoms with van der Waals surface area (Å²) in [5.74, 6) is 0.762. The minimum Gasteiger partial charge on any atom is -0.347 e. The Morgan fingerprint density at radius 2 is 2.07 bits per heavy atom. The number of unbranched alkanes of at least 4 members (excludes halogenated alkanes) is 1. The molecule has 0 N–H and O–H groups in total. The number of benzene rings is 1. The van der Waals surface area contributed by atoms with Gasteiger partial charge in [0.15, 0.2) is 0 Å². The van der Waals surface area contributed by atoms with Crippen LogP contribution in [0.3, 0.4) is 0 Å². The molecule has 0 radical (unpaired) electrons. The van der Waals surface area contributed by atoms with Crippen LogP contribution in [-0.2, 0) is 6.54 Å². The molecule has 1 aromatic heterocycles. The molecule has 0 aliphatic rings. The zero-order valence-corrected chi connectivity index (χ0v) is 9.80. The van der Waals surface area contributed by atoms with Gasteiger partial charge in [-0.15, -0.1) is 11.6 Å². The molecule has 2 aromatic rings. The Labute approximate surface area is 95.7 Å². The lowest BCUT2D eigenvalue weighted by atomic mass is 10.2. The number of alkyl halides is 1. The highest BCUT2D eigenvalue weighted by molar-refractivity contribution is 6.17. The van der Waals surface area contributed by atoms with Gasteiger partial charge in [-0.3, -0.25) is 0 Å². The molecule has 1 nitrogen and oxygen atoms in total. The predicted octanol–water partition coefficient (Wildman–Crippen LogP) is 3.97. The van der Waals surface area contributed by atoms with Crippen molar-refractivity contribution >= 4 is 22.5 Å². The van der Waals surface area contributed by atoms with Crippen LogP contribution < -0.4 is 0 Å². The highest BCUT2D eigenvalue weighted by Gasteiger charge is 2.00. The van der Waals surface area contributed by atoms with Crippen molar-refractivity contribution in [1.29, 1.82) is 0 Å². The van der Waals surface area contributed by atoms with Crippen LogP contribution >= 0.6 is 11.6 Å². The standard InChI is InChI=1S/C13H16ClN/c1-11-4-5-13-12(10-11)6-9-15(13)8-3-2-7-14/h4-6,9-10H,2-3,7-8H2,1H3. The largest absolute Gasteiger partial charge is 0.347 e. The molecule has 2 rings (SSSR count). The number of aryl methyl sites for hydroxylation is 2. The first-order valence-corrected chi connectivity index (χ1v) is 5.96. The van der Waals surface area contributed by atoms with Gasteiger partial charge < -0.3 is 4.57 Å². The number of halogens is 1. The van der Waals surface area contributed by atoms with E-state index in [1.807, 2.05) is 0 Å². The van der Waals surface area contributed by atoms with Crippen molar-refractivity contribution in [3.05, 3.63) is 36.0 Å². The second kappa shape index (κ2) is 4.71. The molecule has 80 valence electrons. The molecule has 0 spiro atoms. The number of hydrogen-bond donors (Lipinski definition) is 0. The van der Waals surface area contributed by atoms with Gasteiger partial charge in [-0.25, -0.2) is 0 Å². The van der Waals surface area contributed by atoms with Gasteiger partial charge in [-0.1, -0.05) is 11.6 Å². The summed E-state index contributed by atoms with van der Waals surface area (Å²) in [4.78, 5) is 0. The smallest absolute Gasteiger partial charge is 0.0480 e. The van der Waals surface area contributed by atoms with E-state index in [1.165, 1.54) is 16.5 Å². The molecule has 0 saturated carbocycles. The third-order valence-electron chi connectivity index (χ3n) is 2.71. The first kappa shape index (κ1) is 10.6. The summed E-state index contributed by atoms with van der Waals surface area (Å²) in [6, 6.07) is 8.78. The van der Waals surface area contributed by atoms with Crippen LogP contribution in [0.2, 0.25) is 0 Å². The molecule has 0 amide bonds. The van der Waals surface area contributed by atoms with E-state index in [-0.39, 0.29) is 0 Å². The molecule has 0 unspecified atom stereocenters. The Bertz CT molecular complexity index is 445. The molecule has 1 heterocycles. The Hall–Kier alpha value is -0.950. The number of fused-ring (bicyclic) bond motifs is 1. The Morgan fingerprint density at radius 3 is 2.87 bits per heavy atom. The van der Waals surface area contributed by atoms with Gasteiger partial charge in [-0.05, 0) is 43.4 Å². The van der Waals surface area contributed by atoms with Crippen LogP contribution in [-0.4, -0.2) is 10.4 Å². The lowest BCUT2D eigenvalue weighted by Crippen LogP contribution is -1.96. The third-order valence-corrected chi connectivity index (χ3v) is 2.98. The minimum absolute atomic E-state index is 0.762. The molecule has 0 aliphatic carbocycles. The van der Waals surface area contributed by atoms with E-state index in [0.29, 0.717) is 0 Å². The number of hydrogen-bond acceptors (Lipinski definition) is 0. The second-order valence-electron chi connectivity index (χ2n) is 3.97. The van der Waals surface area contributed by atoms with Crippen LogP contribution in [0, 0.1) is 6.92 Å². The lowest BCUT2D eigenvalue weighted by Gasteiger charge is -2.04. The maximum Gasteiger partial charge on any atom is 0.0480 e. The maximum absolute atomic E-state index is 5.67. The first-order valence-electron chi connectivity index (χ1n) is 5.43. The summed E-state index contributed by atoms with van der Waals surface area (Å²) in [7, 11) is 0. The predicted molar refractivity (Wildman–Crippen MR) is 66.6 cm³/mol. The normalized spacial score (nSPS) is 11.1. The number of rotatable bonds is 4. The van der Waals surface area contributed by atoms with Gasteiger partial charge in [0.25, 0.3) is 0 Å². The molecular weight excluding hydrogens is 206 g/mol. The Morgan fingerprint density at radius 1 is 1.20 bits per heavy atom. The Balaban J connectivity index is 2.21.